The molecule has 0 heterocycles. The zero-order chi connectivity index (χ0) is 15.7. The van der Waals surface area contributed by atoms with Crippen molar-refractivity contribution in [1.82, 2.24) is 0 Å². The van der Waals surface area contributed by atoms with Gasteiger partial charge in [-0.2, -0.15) is 0 Å². The van der Waals surface area contributed by atoms with E-state index in [9.17, 15) is 9.18 Å². The van der Waals surface area contributed by atoms with Crippen molar-refractivity contribution < 1.29 is 9.18 Å². The van der Waals surface area contributed by atoms with Crippen molar-refractivity contribution >= 4 is 72.3 Å². The standard InChI is InChI=1S/C13H7Br2Cl2FN2O/c14-6-1-2-10(12(17)11(6)16)20-13(21)5-3-9(19)8(18)4-7(5)15/h1-4H,19H2,(H,20,21). The molecule has 0 aliphatic carbocycles. The number of carbonyl (C=O) groups is 1. The molecule has 1 amide bonds. The molecule has 2 aromatic carbocycles. The number of hydrogen-bond donors (Lipinski definition) is 2. The molecule has 0 bridgehead atoms. The van der Waals surface area contributed by atoms with Gasteiger partial charge in [0.05, 0.1) is 27.0 Å². The summed E-state index contributed by atoms with van der Waals surface area (Å²) < 4.78 is 14.2. The first-order valence-corrected chi connectivity index (χ1v) is 7.85. The van der Waals surface area contributed by atoms with Crippen LogP contribution in [0.15, 0.2) is 33.2 Å². The van der Waals surface area contributed by atoms with Crippen molar-refractivity contribution in [2.24, 2.45) is 0 Å². The third-order valence-electron chi connectivity index (χ3n) is 2.61. The lowest BCUT2D eigenvalue weighted by Gasteiger charge is -2.11. The highest BCUT2D eigenvalue weighted by Crippen LogP contribution is 2.36. The van der Waals surface area contributed by atoms with Gasteiger partial charge in [-0.1, -0.05) is 23.2 Å². The van der Waals surface area contributed by atoms with E-state index in [1.807, 2.05) is 0 Å². The molecular weight excluding hydrogens is 450 g/mol. The number of nitrogen functional groups attached to an aromatic ring is 1. The number of benzene rings is 2. The molecule has 0 saturated heterocycles. The summed E-state index contributed by atoms with van der Waals surface area (Å²) in [6, 6.07) is 5.61. The summed E-state index contributed by atoms with van der Waals surface area (Å²) in [6.07, 6.45) is 0. The number of halogens is 5. The molecule has 0 aliphatic rings. The Morgan fingerprint density at radius 2 is 1.81 bits per heavy atom. The average molecular weight is 457 g/mol. The normalized spacial score (nSPS) is 10.5. The molecule has 8 heteroatoms. The van der Waals surface area contributed by atoms with Crippen LogP contribution in [-0.4, -0.2) is 5.91 Å². The summed E-state index contributed by atoms with van der Waals surface area (Å²) >= 11 is 18.4. The highest BCUT2D eigenvalue weighted by atomic mass is 79.9. The van der Waals surface area contributed by atoms with E-state index in [1.54, 1.807) is 12.1 Å². The van der Waals surface area contributed by atoms with Gasteiger partial charge in [-0.05, 0) is 56.1 Å². The van der Waals surface area contributed by atoms with Crippen LogP contribution in [0.1, 0.15) is 10.4 Å². The quantitative estimate of drug-likeness (QED) is 0.463. The Hall–Kier alpha value is -0.820. The van der Waals surface area contributed by atoms with E-state index < -0.39 is 11.7 Å². The largest absolute Gasteiger partial charge is 0.396 e. The number of nitrogens with one attached hydrogen (secondary N) is 1. The lowest BCUT2D eigenvalue weighted by Crippen LogP contribution is -2.14. The Balaban J connectivity index is 2.35. The number of nitrogens with two attached hydrogens (primary N) is 1. The van der Waals surface area contributed by atoms with Crippen LogP contribution in [0, 0.1) is 5.82 Å². The summed E-state index contributed by atoms with van der Waals surface area (Å²) in [4.78, 5) is 12.2. The van der Waals surface area contributed by atoms with Crippen LogP contribution in [0.25, 0.3) is 0 Å². The average Bonchev–Trinajstić information content (AvgIpc) is 2.43. The van der Waals surface area contributed by atoms with Crippen molar-refractivity contribution in [3.8, 4) is 0 Å². The van der Waals surface area contributed by atoms with E-state index in [2.05, 4.69) is 37.2 Å². The van der Waals surface area contributed by atoms with Crippen LogP contribution in [0.3, 0.4) is 0 Å². The van der Waals surface area contributed by atoms with Crippen LogP contribution in [-0.2, 0) is 0 Å². The Labute approximate surface area is 146 Å². The highest BCUT2D eigenvalue weighted by Gasteiger charge is 2.16. The third kappa shape index (κ3) is 3.51. The van der Waals surface area contributed by atoms with Gasteiger partial charge in [0.25, 0.3) is 5.91 Å². The van der Waals surface area contributed by atoms with Crippen LogP contribution in [0.2, 0.25) is 10.0 Å². The van der Waals surface area contributed by atoms with Gasteiger partial charge >= 0.3 is 0 Å². The van der Waals surface area contributed by atoms with Gasteiger partial charge < -0.3 is 11.1 Å². The molecule has 0 radical (unpaired) electrons. The SMILES string of the molecule is Nc1cc(C(=O)Nc2ccc(Br)c(Cl)c2Cl)c(Br)cc1F. The van der Waals surface area contributed by atoms with Crippen molar-refractivity contribution in [1.29, 1.82) is 0 Å². The molecule has 110 valence electrons. The molecule has 0 spiro atoms. The van der Waals surface area contributed by atoms with Crippen LogP contribution in [0.4, 0.5) is 15.8 Å². The summed E-state index contributed by atoms with van der Waals surface area (Å²) in [5, 5.41) is 3.08. The minimum absolute atomic E-state index is 0.122. The molecule has 3 nitrogen and oxygen atoms in total. The van der Waals surface area contributed by atoms with Gasteiger partial charge in [0.15, 0.2) is 0 Å². The van der Waals surface area contributed by atoms with E-state index in [-0.39, 0.29) is 25.8 Å². The van der Waals surface area contributed by atoms with E-state index in [1.165, 1.54) is 6.07 Å². The Morgan fingerprint density at radius 1 is 1.14 bits per heavy atom. The first-order chi connectivity index (χ1) is 9.81. The Kier molecular flexibility index (Phi) is 5.14. The third-order valence-corrected chi connectivity index (χ3v) is 5.04. The smallest absolute Gasteiger partial charge is 0.256 e. The van der Waals surface area contributed by atoms with Gasteiger partial charge in [0, 0.05) is 8.95 Å². The van der Waals surface area contributed by atoms with Crippen molar-refractivity contribution in [2.45, 2.75) is 0 Å². The molecule has 3 N–H and O–H groups in total. The second-order valence-corrected chi connectivity index (χ2v) is 6.50. The molecule has 0 aromatic heterocycles. The van der Waals surface area contributed by atoms with Gasteiger partial charge in [-0.25, -0.2) is 4.39 Å². The molecule has 0 fully saturated rings. The topological polar surface area (TPSA) is 55.1 Å². The Bertz CT molecular complexity index is 741. The van der Waals surface area contributed by atoms with Gasteiger partial charge in [0.2, 0.25) is 0 Å². The minimum atomic E-state index is -0.608. The second kappa shape index (κ2) is 6.52. The summed E-state index contributed by atoms with van der Waals surface area (Å²) in [5.74, 6) is -1.10. The van der Waals surface area contributed by atoms with E-state index in [4.69, 9.17) is 28.9 Å². The van der Waals surface area contributed by atoms with Gasteiger partial charge in [0.1, 0.15) is 5.82 Å². The number of amides is 1. The molecule has 2 rings (SSSR count). The number of carbonyl (C=O) groups excluding carboxylic acids is 1. The monoisotopic (exact) mass is 454 g/mol. The minimum Gasteiger partial charge on any atom is -0.396 e. The number of rotatable bonds is 2. The first-order valence-electron chi connectivity index (χ1n) is 5.50. The number of anilines is 2. The molecular formula is C13H7Br2Cl2FN2O. The fourth-order valence-corrected chi connectivity index (χ4v) is 2.87. The molecule has 0 saturated carbocycles. The predicted octanol–water partition coefficient (Wildman–Crippen LogP) is 5.49. The second-order valence-electron chi connectivity index (χ2n) is 4.03. The lowest BCUT2D eigenvalue weighted by atomic mass is 10.1. The molecule has 0 aliphatic heterocycles. The van der Waals surface area contributed by atoms with Crippen LogP contribution >= 0.6 is 55.1 Å². The summed E-state index contributed by atoms with van der Waals surface area (Å²) in [7, 11) is 0. The van der Waals surface area contributed by atoms with Crippen LogP contribution in [0.5, 0.6) is 0 Å². The Morgan fingerprint density at radius 3 is 2.48 bits per heavy atom. The van der Waals surface area contributed by atoms with E-state index >= 15 is 0 Å². The molecule has 21 heavy (non-hydrogen) atoms. The maximum Gasteiger partial charge on any atom is 0.256 e. The zero-order valence-corrected chi connectivity index (χ0v) is 14.9. The molecule has 0 unspecified atom stereocenters. The highest BCUT2D eigenvalue weighted by molar-refractivity contribution is 9.10. The van der Waals surface area contributed by atoms with Crippen molar-refractivity contribution in [2.75, 3.05) is 11.1 Å². The van der Waals surface area contributed by atoms with Crippen molar-refractivity contribution in [3.63, 3.8) is 0 Å². The maximum atomic E-state index is 13.3. The molecule has 0 atom stereocenters. The summed E-state index contributed by atoms with van der Waals surface area (Å²) in [5.41, 5.74) is 5.87. The van der Waals surface area contributed by atoms with Crippen molar-refractivity contribution in [3.05, 3.63) is 54.6 Å². The van der Waals surface area contributed by atoms with Gasteiger partial charge in [-0.15, -0.1) is 0 Å². The zero-order valence-electron chi connectivity index (χ0n) is 10.2. The molecule has 2 aromatic rings. The fourth-order valence-electron chi connectivity index (χ4n) is 1.55. The summed E-state index contributed by atoms with van der Waals surface area (Å²) in [6.45, 7) is 0. The van der Waals surface area contributed by atoms with E-state index in [0.29, 0.717) is 10.2 Å². The lowest BCUT2D eigenvalue weighted by molar-refractivity contribution is 0.102. The number of hydrogen-bond acceptors (Lipinski definition) is 2. The fraction of sp³-hybridized carbons (Fsp3) is 0. The van der Waals surface area contributed by atoms with Gasteiger partial charge in [-0.3, -0.25) is 4.79 Å². The first kappa shape index (κ1) is 16.5. The van der Waals surface area contributed by atoms with Crippen LogP contribution < -0.4 is 11.1 Å². The van der Waals surface area contributed by atoms with E-state index in [0.717, 1.165) is 6.07 Å². The maximum absolute atomic E-state index is 13.3. The predicted molar refractivity (Wildman–Crippen MR) is 90.6 cm³/mol.